The SMILES string of the molecule is CN(C)[C@@H](CNC(=O)CSc1n[nH]c(=O)n1C)c1ccccc1. The lowest BCUT2D eigenvalue weighted by Crippen LogP contribution is -2.35. The molecule has 0 fully saturated rings. The van der Waals surface area contributed by atoms with Crippen LogP contribution in [0.15, 0.2) is 40.3 Å². The first-order valence-electron chi connectivity index (χ1n) is 7.21. The number of nitrogens with one attached hydrogen (secondary N) is 2. The van der Waals surface area contributed by atoms with Gasteiger partial charge in [-0.2, -0.15) is 0 Å². The molecule has 0 saturated carbocycles. The molecular formula is C15H21N5O2S. The molecule has 0 aliphatic carbocycles. The summed E-state index contributed by atoms with van der Waals surface area (Å²) in [7, 11) is 5.58. The van der Waals surface area contributed by atoms with Gasteiger partial charge in [-0.3, -0.25) is 9.36 Å². The summed E-state index contributed by atoms with van der Waals surface area (Å²) >= 11 is 1.23. The van der Waals surface area contributed by atoms with Gasteiger partial charge in [0.05, 0.1) is 11.8 Å². The van der Waals surface area contributed by atoms with Gasteiger partial charge < -0.3 is 10.2 Å². The Balaban J connectivity index is 1.87. The number of H-pyrrole nitrogens is 1. The zero-order valence-electron chi connectivity index (χ0n) is 13.4. The summed E-state index contributed by atoms with van der Waals surface area (Å²) in [6.07, 6.45) is 0. The number of carbonyl (C=O) groups excluding carboxylic acids is 1. The number of hydrogen-bond donors (Lipinski definition) is 2. The van der Waals surface area contributed by atoms with E-state index in [4.69, 9.17) is 0 Å². The van der Waals surface area contributed by atoms with Crippen molar-refractivity contribution in [3.8, 4) is 0 Å². The van der Waals surface area contributed by atoms with Crippen LogP contribution in [0.1, 0.15) is 11.6 Å². The summed E-state index contributed by atoms with van der Waals surface area (Å²) in [6, 6.07) is 10.2. The Labute approximate surface area is 139 Å². The van der Waals surface area contributed by atoms with E-state index >= 15 is 0 Å². The van der Waals surface area contributed by atoms with E-state index in [1.807, 2.05) is 44.4 Å². The molecule has 1 atom stereocenters. The van der Waals surface area contributed by atoms with Gasteiger partial charge in [0.25, 0.3) is 0 Å². The first-order valence-corrected chi connectivity index (χ1v) is 8.20. The molecule has 1 heterocycles. The summed E-state index contributed by atoms with van der Waals surface area (Å²) in [5.74, 6) is 0.126. The molecule has 2 N–H and O–H groups in total. The van der Waals surface area contributed by atoms with Gasteiger partial charge in [0, 0.05) is 13.6 Å². The fourth-order valence-corrected chi connectivity index (χ4v) is 2.88. The smallest absolute Gasteiger partial charge is 0.343 e. The summed E-state index contributed by atoms with van der Waals surface area (Å²) in [5.41, 5.74) is 0.866. The molecule has 7 nitrogen and oxygen atoms in total. The quantitative estimate of drug-likeness (QED) is 0.725. The van der Waals surface area contributed by atoms with E-state index in [1.165, 1.54) is 16.3 Å². The molecule has 1 amide bonds. The van der Waals surface area contributed by atoms with E-state index in [1.54, 1.807) is 7.05 Å². The predicted octanol–water partition coefficient (Wildman–Crippen LogP) is 0.620. The topological polar surface area (TPSA) is 83.0 Å². The third kappa shape index (κ3) is 4.70. The number of hydrogen-bond acceptors (Lipinski definition) is 5. The van der Waals surface area contributed by atoms with E-state index in [2.05, 4.69) is 20.4 Å². The van der Waals surface area contributed by atoms with Crippen molar-refractivity contribution >= 4 is 17.7 Å². The normalized spacial score (nSPS) is 12.3. The van der Waals surface area contributed by atoms with Gasteiger partial charge in [-0.05, 0) is 19.7 Å². The summed E-state index contributed by atoms with van der Waals surface area (Å²) in [6.45, 7) is 0.524. The second-order valence-corrected chi connectivity index (χ2v) is 6.30. The van der Waals surface area contributed by atoms with Crippen LogP contribution in [0.4, 0.5) is 0 Å². The van der Waals surface area contributed by atoms with Crippen LogP contribution in [-0.4, -0.2) is 52.0 Å². The maximum Gasteiger partial charge on any atom is 0.343 e. The minimum atomic E-state index is -0.287. The number of benzene rings is 1. The lowest BCUT2D eigenvalue weighted by atomic mass is 10.1. The average Bonchev–Trinajstić information content (AvgIpc) is 2.85. The van der Waals surface area contributed by atoms with Crippen molar-refractivity contribution in [2.24, 2.45) is 7.05 Å². The summed E-state index contributed by atoms with van der Waals surface area (Å²) < 4.78 is 1.38. The first-order chi connectivity index (χ1) is 11.0. The number of nitrogens with zero attached hydrogens (tertiary/aromatic N) is 3. The van der Waals surface area contributed by atoms with Crippen LogP contribution in [0, 0.1) is 0 Å². The number of aromatic amines is 1. The van der Waals surface area contributed by atoms with Crippen molar-refractivity contribution < 1.29 is 4.79 Å². The second-order valence-electron chi connectivity index (χ2n) is 5.35. The van der Waals surface area contributed by atoms with Crippen LogP contribution < -0.4 is 11.0 Å². The molecule has 0 spiro atoms. The van der Waals surface area contributed by atoms with Crippen LogP contribution in [0.5, 0.6) is 0 Å². The molecule has 2 aromatic rings. The lowest BCUT2D eigenvalue weighted by Gasteiger charge is -2.25. The van der Waals surface area contributed by atoms with Crippen molar-refractivity contribution in [2.75, 3.05) is 26.4 Å². The Bertz CT molecular complexity index is 695. The predicted molar refractivity (Wildman–Crippen MR) is 90.4 cm³/mol. The van der Waals surface area contributed by atoms with Crippen molar-refractivity contribution in [3.63, 3.8) is 0 Å². The molecule has 0 saturated heterocycles. The average molecular weight is 335 g/mol. The highest BCUT2D eigenvalue weighted by Crippen LogP contribution is 2.17. The third-order valence-electron chi connectivity index (χ3n) is 3.47. The fourth-order valence-electron chi connectivity index (χ4n) is 2.13. The number of thioether (sulfide) groups is 1. The van der Waals surface area contributed by atoms with Crippen molar-refractivity contribution in [3.05, 3.63) is 46.4 Å². The highest BCUT2D eigenvalue weighted by Gasteiger charge is 2.15. The highest BCUT2D eigenvalue weighted by molar-refractivity contribution is 7.99. The van der Waals surface area contributed by atoms with Crippen LogP contribution in [-0.2, 0) is 11.8 Å². The minimum absolute atomic E-state index is 0.0896. The van der Waals surface area contributed by atoms with Gasteiger partial charge in [-0.15, -0.1) is 5.10 Å². The van der Waals surface area contributed by atoms with Crippen LogP contribution in [0.2, 0.25) is 0 Å². The molecule has 2 rings (SSSR count). The van der Waals surface area contributed by atoms with Crippen LogP contribution in [0.3, 0.4) is 0 Å². The molecule has 23 heavy (non-hydrogen) atoms. The zero-order valence-corrected chi connectivity index (χ0v) is 14.3. The Hall–Kier alpha value is -2.06. The molecule has 1 aromatic heterocycles. The molecule has 0 unspecified atom stereocenters. The molecule has 124 valence electrons. The van der Waals surface area contributed by atoms with Gasteiger partial charge in [0.15, 0.2) is 5.16 Å². The highest BCUT2D eigenvalue weighted by atomic mass is 32.2. The number of carbonyl (C=O) groups is 1. The maximum atomic E-state index is 12.0. The molecule has 0 radical (unpaired) electrons. The molecule has 0 bridgehead atoms. The molecule has 8 heteroatoms. The minimum Gasteiger partial charge on any atom is -0.353 e. The van der Waals surface area contributed by atoms with Crippen LogP contribution >= 0.6 is 11.8 Å². The number of rotatable bonds is 7. The largest absolute Gasteiger partial charge is 0.353 e. The second kappa shape index (κ2) is 7.98. The molecular weight excluding hydrogens is 314 g/mol. The van der Waals surface area contributed by atoms with E-state index in [-0.39, 0.29) is 23.4 Å². The number of aromatic nitrogens is 3. The maximum absolute atomic E-state index is 12.0. The van der Waals surface area contributed by atoms with Crippen molar-refractivity contribution in [2.45, 2.75) is 11.2 Å². The van der Waals surface area contributed by atoms with Gasteiger partial charge in [0.2, 0.25) is 5.91 Å². The monoisotopic (exact) mass is 335 g/mol. The Kier molecular flexibility index (Phi) is 6.00. The fraction of sp³-hybridized carbons (Fsp3) is 0.400. The first kappa shape index (κ1) is 17.3. The Morgan fingerprint density at radius 3 is 2.65 bits per heavy atom. The lowest BCUT2D eigenvalue weighted by molar-refractivity contribution is -0.118. The van der Waals surface area contributed by atoms with E-state index in [0.29, 0.717) is 11.7 Å². The van der Waals surface area contributed by atoms with Crippen molar-refractivity contribution in [1.29, 1.82) is 0 Å². The van der Waals surface area contributed by atoms with Gasteiger partial charge in [-0.1, -0.05) is 42.1 Å². The van der Waals surface area contributed by atoms with E-state index in [0.717, 1.165) is 5.56 Å². The molecule has 0 aliphatic rings. The standard InChI is InChI=1S/C15H21N5O2S/c1-19(2)12(11-7-5-4-6-8-11)9-16-13(21)10-23-15-18-17-14(22)20(15)3/h4-8,12H,9-10H2,1-3H3,(H,16,21)(H,17,22)/t12-/m0/s1. The van der Waals surface area contributed by atoms with E-state index < -0.39 is 0 Å². The number of likely N-dealkylation sites (N-methyl/N-ethyl adjacent to an activating group) is 1. The third-order valence-corrected chi connectivity index (χ3v) is 4.50. The Morgan fingerprint density at radius 2 is 2.09 bits per heavy atom. The Morgan fingerprint density at radius 1 is 1.39 bits per heavy atom. The molecule has 1 aromatic carbocycles. The van der Waals surface area contributed by atoms with E-state index in [9.17, 15) is 9.59 Å². The summed E-state index contributed by atoms with van der Waals surface area (Å²) in [5, 5.41) is 9.63. The van der Waals surface area contributed by atoms with Gasteiger partial charge in [0.1, 0.15) is 0 Å². The van der Waals surface area contributed by atoms with Crippen LogP contribution in [0.25, 0.3) is 0 Å². The zero-order chi connectivity index (χ0) is 16.8. The number of amides is 1. The van der Waals surface area contributed by atoms with Gasteiger partial charge >= 0.3 is 5.69 Å². The summed E-state index contributed by atoms with van der Waals surface area (Å²) in [4.78, 5) is 25.3. The van der Waals surface area contributed by atoms with Crippen molar-refractivity contribution in [1.82, 2.24) is 25.0 Å². The molecule has 0 aliphatic heterocycles. The van der Waals surface area contributed by atoms with Gasteiger partial charge in [-0.25, -0.2) is 9.89 Å².